The topological polar surface area (TPSA) is 64.7 Å². The molecule has 0 bridgehead atoms. The maximum absolute atomic E-state index is 12.3. The molecule has 2 heterocycles. The highest BCUT2D eigenvalue weighted by molar-refractivity contribution is 6.31. The van der Waals surface area contributed by atoms with E-state index in [9.17, 15) is 4.79 Å². The van der Waals surface area contributed by atoms with Gasteiger partial charge in [0.2, 0.25) is 5.91 Å². The van der Waals surface area contributed by atoms with Crippen LogP contribution in [0.15, 0.2) is 6.20 Å². The molecule has 7 heteroatoms. The number of carbonyl (C=O) groups excluding carboxylic acids is 1. The third-order valence-electron chi connectivity index (χ3n) is 3.81. The third kappa shape index (κ3) is 3.16. The molecule has 1 N–H and O–H groups in total. The van der Waals surface area contributed by atoms with Crippen LogP contribution < -0.4 is 5.32 Å². The SMILES string of the molecule is CCn1cc(CNC(=O)C(C)n2nc(C)c(Cl)c2C)c(C)n1. The highest BCUT2D eigenvalue weighted by atomic mass is 35.5. The zero-order valence-corrected chi connectivity index (χ0v) is 14.4. The van der Waals surface area contributed by atoms with Crippen molar-refractivity contribution in [1.82, 2.24) is 24.9 Å². The first kappa shape index (κ1) is 16.5. The van der Waals surface area contributed by atoms with Crippen LogP contribution >= 0.6 is 11.6 Å². The summed E-state index contributed by atoms with van der Waals surface area (Å²) < 4.78 is 3.52. The number of halogens is 1. The zero-order chi connectivity index (χ0) is 16.4. The predicted molar refractivity (Wildman–Crippen MR) is 85.9 cm³/mol. The van der Waals surface area contributed by atoms with E-state index >= 15 is 0 Å². The Labute approximate surface area is 135 Å². The van der Waals surface area contributed by atoms with Gasteiger partial charge in [-0.2, -0.15) is 10.2 Å². The molecule has 2 rings (SSSR count). The summed E-state index contributed by atoms with van der Waals surface area (Å²) >= 11 is 6.13. The Hall–Kier alpha value is -1.82. The van der Waals surface area contributed by atoms with Gasteiger partial charge in [-0.05, 0) is 34.6 Å². The summed E-state index contributed by atoms with van der Waals surface area (Å²) in [6.45, 7) is 10.8. The van der Waals surface area contributed by atoms with Gasteiger partial charge in [-0.15, -0.1) is 0 Å². The summed E-state index contributed by atoms with van der Waals surface area (Å²) in [4.78, 5) is 12.3. The Kier molecular flexibility index (Phi) is 4.90. The van der Waals surface area contributed by atoms with Gasteiger partial charge in [-0.1, -0.05) is 11.6 Å². The van der Waals surface area contributed by atoms with Gasteiger partial charge in [0.1, 0.15) is 6.04 Å². The molecule has 1 atom stereocenters. The van der Waals surface area contributed by atoms with Gasteiger partial charge in [0.25, 0.3) is 0 Å². The molecule has 0 saturated heterocycles. The van der Waals surface area contributed by atoms with E-state index in [0.717, 1.165) is 29.2 Å². The highest BCUT2D eigenvalue weighted by Gasteiger charge is 2.20. The van der Waals surface area contributed by atoms with Crippen LogP contribution in [0.3, 0.4) is 0 Å². The number of rotatable bonds is 5. The first-order valence-corrected chi connectivity index (χ1v) is 7.74. The lowest BCUT2D eigenvalue weighted by atomic mass is 10.2. The van der Waals surface area contributed by atoms with E-state index < -0.39 is 6.04 Å². The van der Waals surface area contributed by atoms with Gasteiger partial charge in [-0.3, -0.25) is 14.2 Å². The fourth-order valence-corrected chi connectivity index (χ4v) is 2.48. The molecule has 0 aliphatic carbocycles. The molecule has 0 saturated carbocycles. The second-order valence-corrected chi connectivity index (χ2v) is 5.80. The van der Waals surface area contributed by atoms with E-state index in [0.29, 0.717) is 11.6 Å². The van der Waals surface area contributed by atoms with Crippen molar-refractivity contribution in [2.24, 2.45) is 0 Å². The molecule has 2 aromatic heterocycles. The van der Waals surface area contributed by atoms with Crippen LogP contribution in [0.1, 0.15) is 42.5 Å². The molecular formula is C15H22ClN5O. The van der Waals surface area contributed by atoms with Crippen molar-refractivity contribution < 1.29 is 4.79 Å². The zero-order valence-electron chi connectivity index (χ0n) is 13.6. The number of nitrogens with zero attached hydrogens (tertiary/aromatic N) is 4. The first-order valence-electron chi connectivity index (χ1n) is 7.37. The van der Waals surface area contributed by atoms with Crippen molar-refractivity contribution >= 4 is 17.5 Å². The maximum Gasteiger partial charge on any atom is 0.244 e. The summed E-state index contributed by atoms with van der Waals surface area (Å²) in [5.41, 5.74) is 3.49. The second kappa shape index (κ2) is 6.52. The number of hydrogen-bond acceptors (Lipinski definition) is 3. The van der Waals surface area contributed by atoms with Gasteiger partial charge in [0.15, 0.2) is 0 Å². The average Bonchev–Trinajstić information content (AvgIpc) is 2.98. The van der Waals surface area contributed by atoms with Crippen LogP contribution in [0.2, 0.25) is 5.02 Å². The number of aromatic nitrogens is 4. The number of hydrogen-bond donors (Lipinski definition) is 1. The summed E-state index contributed by atoms with van der Waals surface area (Å²) in [6.07, 6.45) is 1.96. The van der Waals surface area contributed by atoms with E-state index in [1.54, 1.807) is 4.68 Å². The van der Waals surface area contributed by atoms with Crippen molar-refractivity contribution in [2.45, 2.75) is 53.8 Å². The van der Waals surface area contributed by atoms with Gasteiger partial charge in [-0.25, -0.2) is 0 Å². The molecule has 2 aromatic rings. The molecule has 1 amide bonds. The second-order valence-electron chi connectivity index (χ2n) is 5.42. The van der Waals surface area contributed by atoms with Crippen molar-refractivity contribution in [3.8, 4) is 0 Å². The van der Waals surface area contributed by atoms with E-state index in [4.69, 9.17) is 11.6 Å². The summed E-state index contributed by atoms with van der Waals surface area (Å²) in [6, 6.07) is -0.410. The lowest BCUT2D eigenvalue weighted by Gasteiger charge is -2.14. The Balaban J connectivity index is 2.05. The van der Waals surface area contributed by atoms with Crippen molar-refractivity contribution in [3.05, 3.63) is 33.9 Å². The van der Waals surface area contributed by atoms with E-state index in [1.807, 2.05) is 45.5 Å². The standard InChI is InChI=1S/C15H22ClN5O/c1-6-20-8-13(9(2)18-20)7-17-15(22)12(5)21-11(4)14(16)10(3)19-21/h8,12H,6-7H2,1-5H3,(H,17,22). The van der Waals surface area contributed by atoms with Crippen LogP contribution in [-0.2, 0) is 17.9 Å². The number of amides is 1. The minimum absolute atomic E-state index is 0.0917. The van der Waals surface area contributed by atoms with Gasteiger partial charge in [0, 0.05) is 24.8 Å². The summed E-state index contributed by atoms with van der Waals surface area (Å²) in [5.74, 6) is -0.0917. The average molecular weight is 324 g/mol. The minimum Gasteiger partial charge on any atom is -0.350 e. The molecule has 1 unspecified atom stereocenters. The number of carbonyl (C=O) groups is 1. The molecule has 0 spiro atoms. The molecule has 0 aliphatic rings. The fraction of sp³-hybridized carbons (Fsp3) is 0.533. The summed E-state index contributed by atoms with van der Waals surface area (Å²) in [5, 5.41) is 12.2. The fourth-order valence-electron chi connectivity index (χ4n) is 2.36. The largest absolute Gasteiger partial charge is 0.350 e. The number of aryl methyl sites for hydroxylation is 3. The van der Waals surface area contributed by atoms with Crippen molar-refractivity contribution in [2.75, 3.05) is 0 Å². The predicted octanol–water partition coefficient (Wildman–Crippen LogP) is 2.56. The lowest BCUT2D eigenvalue weighted by Crippen LogP contribution is -2.31. The van der Waals surface area contributed by atoms with Crippen LogP contribution in [-0.4, -0.2) is 25.5 Å². The lowest BCUT2D eigenvalue weighted by molar-refractivity contribution is -0.124. The molecule has 0 aliphatic heterocycles. The van der Waals surface area contributed by atoms with Crippen molar-refractivity contribution in [1.29, 1.82) is 0 Å². The molecule has 6 nitrogen and oxygen atoms in total. The van der Waals surface area contributed by atoms with Gasteiger partial charge in [0.05, 0.1) is 22.1 Å². The first-order chi connectivity index (χ1) is 10.3. The molecule has 0 fully saturated rings. The highest BCUT2D eigenvalue weighted by Crippen LogP contribution is 2.22. The Morgan fingerprint density at radius 2 is 2.00 bits per heavy atom. The molecule has 120 valence electrons. The summed E-state index contributed by atoms with van der Waals surface area (Å²) in [7, 11) is 0. The van der Waals surface area contributed by atoms with E-state index in [-0.39, 0.29) is 5.91 Å². The van der Waals surface area contributed by atoms with Gasteiger partial charge < -0.3 is 5.32 Å². The minimum atomic E-state index is -0.410. The molecule has 0 aromatic carbocycles. The normalized spacial score (nSPS) is 12.5. The Bertz CT molecular complexity index is 688. The quantitative estimate of drug-likeness (QED) is 0.919. The third-order valence-corrected chi connectivity index (χ3v) is 4.36. The van der Waals surface area contributed by atoms with E-state index in [2.05, 4.69) is 15.5 Å². The molecule has 0 radical (unpaired) electrons. The number of nitrogens with one attached hydrogen (secondary N) is 1. The maximum atomic E-state index is 12.3. The van der Waals surface area contributed by atoms with Crippen LogP contribution in [0.5, 0.6) is 0 Å². The monoisotopic (exact) mass is 323 g/mol. The van der Waals surface area contributed by atoms with Crippen LogP contribution in [0.4, 0.5) is 0 Å². The molecule has 22 heavy (non-hydrogen) atoms. The van der Waals surface area contributed by atoms with Crippen molar-refractivity contribution in [3.63, 3.8) is 0 Å². The molecular weight excluding hydrogens is 302 g/mol. The smallest absolute Gasteiger partial charge is 0.244 e. The van der Waals surface area contributed by atoms with Crippen LogP contribution in [0.25, 0.3) is 0 Å². The Morgan fingerprint density at radius 3 is 2.50 bits per heavy atom. The Morgan fingerprint density at radius 1 is 1.32 bits per heavy atom. The van der Waals surface area contributed by atoms with E-state index in [1.165, 1.54) is 0 Å². The van der Waals surface area contributed by atoms with Crippen LogP contribution in [0, 0.1) is 20.8 Å². The van der Waals surface area contributed by atoms with Gasteiger partial charge >= 0.3 is 0 Å².